The molecule has 1 unspecified atom stereocenters. The number of anilines is 1. The predicted octanol–water partition coefficient (Wildman–Crippen LogP) is 3.71. The highest BCUT2D eigenvalue weighted by Crippen LogP contribution is 2.39. The maximum Gasteiger partial charge on any atom is 0.254 e. The van der Waals surface area contributed by atoms with Gasteiger partial charge in [0.2, 0.25) is 5.91 Å². The molecule has 2 amide bonds. The number of imidazole rings is 1. The lowest BCUT2D eigenvalue weighted by Crippen LogP contribution is -2.42. The van der Waals surface area contributed by atoms with Gasteiger partial charge >= 0.3 is 0 Å². The third-order valence-corrected chi connectivity index (χ3v) is 6.87. The van der Waals surface area contributed by atoms with Crippen LogP contribution in [0.25, 0.3) is 10.8 Å². The molecule has 2 aliphatic heterocycles. The zero-order valence-electron chi connectivity index (χ0n) is 17.2. The van der Waals surface area contributed by atoms with E-state index >= 15 is 0 Å². The molecule has 0 N–H and O–H groups in total. The molecule has 5 rings (SSSR count). The fourth-order valence-electron chi connectivity index (χ4n) is 4.30. The molecule has 0 spiro atoms. The van der Waals surface area contributed by atoms with Crippen LogP contribution in [0.2, 0.25) is 5.02 Å². The van der Waals surface area contributed by atoms with Gasteiger partial charge in [-0.25, -0.2) is 9.97 Å². The van der Waals surface area contributed by atoms with E-state index in [9.17, 15) is 9.59 Å². The first-order valence-corrected chi connectivity index (χ1v) is 11.4. The summed E-state index contributed by atoms with van der Waals surface area (Å²) in [4.78, 5) is 38.8. The van der Waals surface area contributed by atoms with Crippen molar-refractivity contribution in [1.82, 2.24) is 23.8 Å². The van der Waals surface area contributed by atoms with Crippen LogP contribution < -0.4 is 4.90 Å². The summed E-state index contributed by atoms with van der Waals surface area (Å²) in [6.45, 7) is 5.57. The molecule has 2 aliphatic rings. The number of amides is 2. The number of hydrogen-bond donors (Lipinski definition) is 0. The summed E-state index contributed by atoms with van der Waals surface area (Å²) in [5, 5.41) is 1.31. The third kappa shape index (κ3) is 3.41. The number of aromatic nitrogens is 4. The van der Waals surface area contributed by atoms with Crippen LogP contribution in [-0.4, -0.2) is 48.7 Å². The minimum absolute atomic E-state index is 0.0641. The Balaban J connectivity index is 1.58. The predicted molar refractivity (Wildman–Crippen MR) is 118 cm³/mol. The molecule has 0 radical (unpaired) electrons. The topological polar surface area (TPSA) is 84.2 Å². The van der Waals surface area contributed by atoms with Crippen LogP contribution in [0, 0.1) is 6.92 Å². The van der Waals surface area contributed by atoms with E-state index in [0.717, 1.165) is 17.1 Å². The van der Waals surface area contributed by atoms with Crippen LogP contribution in [0.5, 0.6) is 0 Å². The Morgan fingerprint density at radius 1 is 1.16 bits per heavy atom. The highest BCUT2D eigenvalue weighted by Gasteiger charge is 2.38. The lowest BCUT2D eigenvalue weighted by molar-refractivity contribution is -0.117. The summed E-state index contributed by atoms with van der Waals surface area (Å²) in [5.74, 6) is 2.03. The Hall–Kier alpha value is -2.78. The molecule has 2 aromatic heterocycles. The van der Waals surface area contributed by atoms with Crippen molar-refractivity contribution in [3.63, 3.8) is 0 Å². The molecule has 1 saturated heterocycles. The fraction of sp³-hybridized carbons (Fsp3) is 0.381. The Kier molecular flexibility index (Phi) is 5.02. The average molecular weight is 457 g/mol. The van der Waals surface area contributed by atoms with Crippen LogP contribution in [0.3, 0.4) is 0 Å². The number of halogens is 1. The fourth-order valence-corrected chi connectivity index (χ4v) is 5.09. The second-order valence-corrected chi connectivity index (χ2v) is 8.96. The first-order chi connectivity index (χ1) is 14.9. The Bertz CT molecular complexity index is 1170. The SMILES string of the molecule is Cc1nsc(-c2nc(N3CCCC3=O)c3n2CCN(C(=O)c2ccc(Cl)cc2)C3C)n1. The molecule has 4 heterocycles. The van der Waals surface area contributed by atoms with Gasteiger partial charge in [0.1, 0.15) is 5.82 Å². The van der Waals surface area contributed by atoms with Crippen LogP contribution in [0.1, 0.15) is 47.7 Å². The van der Waals surface area contributed by atoms with E-state index in [4.69, 9.17) is 16.6 Å². The summed E-state index contributed by atoms with van der Waals surface area (Å²) >= 11 is 7.28. The number of fused-ring (bicyclic) bond motifs is 1. The van der Waals surface area contributed by atoms with Crippen molar-refractivity contribution in [3.8, 4) is 10.8 Å². The van der Waals surface area contributed by atoms with Crippen LogP contribution in [0.4, 0.5) is 5.82 Å². The number of hydrogen-bond acceptors (Lipinski definition) is 6. The van der Waals surface area contributed by atoms with E-state index in [-0.39, 0.29) is 17.9 Å². The van der Waals surface area contributed by atoms with E-state index in [2.05, 4.69) is 13.9 Å². The maximum absolute atomic E-state index is 13.3. The molecule has 31 heavy (non-hydrogen) atoms. The Labute approximate surface area is 188 Å². The second-order valence-electron chi connectivity index (χ2n) is 7.77. The van der Waals surface area contributed by atoms with E-state index in [1.165, 1.54) is 11.5 Å². The van der Waals surface area contributed by atoms with Gasteiger partial charge in [-0.05, 0) is 56.1 Å². The molecule has 160 valence electrons. The lowest BCUT2D eigenvalue weighted by Gasteiger charge is -2.36. The van der Waals surface area contributed by atoms with Gasteiger partial charge in [-0.2, -0.15) is 4.37 Å². The molecule has 0 aliphatic carbocycles. The highest BCUT2D eigenvalue weighted by atomic mass is 35.5. The second kappa shape index (κ2) is 7.72. The smallest absolute Gasteiger partial charge is 0.254 e. The number of aryl methyl sites for hydroxylation is 1. The summed E-state index contributed by atoms with van der Waals surface area (Å²) < 4.78 is 6.39. The van der Waals surface area contributed by atoms with Gasteiger partial charge in [-0.15, -0.1) is 0 Å². The number of carbonyl (C=O) groups excluding carboxylic acids is 2. The number of nitrogens with zero attached hydrogens (tertiary/aromatic N) is 6. The minimum atomic E-state index is -0.254. The van der Waals surface area contributed by atoms with Gasteiger partial charge < -0.3 is 9.47 Å². The average Bonchev–Trinajstić information content (AvgIpc) is 3.46. The first-order valence-electron chi connectivity index (χ1n) is 10.2. The zero-order chi connectivity index (χ0) is 21.7. The van der Waals surface area contributed by atoms with Crippen molar-refractivity contribution in [2.75, 3.05) is 18.0 Å². The van der Waals surface area contributed by atoms with E-state index in [1.54, 1.807) is 29.2 Å². The normalized spacial score (nSPS) is 18.5. The quantitative estimate of drug-likeness (QED) is 0.599. The molecule has 1 aromatic carbocycles. The monoisotopic (exact) mass is 456 g/mol. The zero-order valence-corrected chi connectivity index (χ0v) is 18.8. The largest absolute Gasteiger partial charge is 0.328 e. The van der Waals surface area contributed by atoms with Gasteiger partial charge in [0, 0.05) is 36.6 Å². The lowest BCUT2D eigenvalue weighted by atomic mass is 10.1. The number of carbonyl (C=O) groups is 2. The molecule has 1 fully saturated rings. The third-order valence-electron chi connectivity index (χ3n) is 5.82. The van der Waals surface area contributed by atoms with Gasteiger partial charge in [0.25, 0.3) is 5.91 Å². The van der Waals surface area contributed by atoms with E-state index in [0.29, 0.717) is 54.1 Å². The first kappa shape index (κ1) is 20.1. The van der Waals surface area contributed by atoms with Gasteiger partial charge in [0.15, 0.2) is 16.6 Å². The molecule has 3 aromatic rings. The maximum atomic E-state index is 13.3. The molecule has 1 atom stereocenters. The van der Waals surface area contributed by atoms with Crippen molar-refractivity contribution in [3.05, 3.63) is 46.4 Å². The van der Waals surface area contributed by atoms with Crippen LogP contribution in [-0.2, 0) is 11.3 Å². The summed E-state index contributed by atoms with van der Waals surface area (Å²) in [6, 6.07) is 6.67. The minimum Gasteiger partial charge on any atom is -0.328 e. The molecule has 0 bridgehead atoms. The molecule has 10 heteroatoms. The van der Waals surface area contributed by atoms with E-state index in [1.807, 2.05) is 18.7 Å². The Morgan fingerprint density at radius 3 is 2.58 bits per heavy atom. The highest BCUT2D eigenvalue weighted by molar-refractivity contribution is 7.09. The van der Waals surface area contributed by atoms with E-state index < -0.39 is 0 Å². The number of rotatable bonds is 3. The molecular formula is C21H21ClN6O2S. The number of benzene rings is 1. The van der Waals surface area contributed by atoms with Gasteiger partial charge in [-0.1, -0.05) is 11.6 Å². The standard InChI is InChI=1S/C21H21ClN6O2S/c1-12-17-18(27-9-3-4-16(27)29)24-19(20-23-13(2)25-31-20)28(17)11-10-26(12)21(30)14-5-7-15(22)8-6-14/h5-8,12H,3-4,9-11H2,1-2H3. The van der Waals surface area contributed by atoms with Crippen molar-refractivity contribution in [2.45, 2.75) is 39.3 Å². The van der Waals surface area contributed by atoms with Gasteiger partial charge in [0.05, 0.1) is 11.7 Å². The van der Waals surface area contributed by atoms with Crippen molar-refractivity contribution in [1.29, 1.82) is 0 Å². The summed E-state index contributed by atoms with van der Waals surface area (Å²) in [6.07, 6.45) is 1.32. The molecule has 0 saturated carbocycles. The summed E-state index contributed by atoms with van der Waals surface area (Å²) in [7, 11) is 0. The van der Waals surface area contributed by atoms with Crippen molar-refractivity contribution >= 4 is 40.8 Å². The van der Waals surface area contributed by atoms with Crippen LogP contribution >= 0.6 is 23.1 Å². The van der Waals surface area contributed by atoms with Crippen LogP contribution in [0.15, 0.2) is 24.3 Å². The van der Waals surface area contributed by atoms with Crippen molar-refractivity contribution < 1.29 is 9.59 Å². The van der Waals surface area contributed by atoms with Crippen molar-refractivity contribution in [2.24, 2.45) is 0 Å². The molecular weight excluding hydrogens is 436 g/mol. The Morgan fingerprint density at radius 2 is 1.94 bits per heavy atom. The molecule has 8 nitrogen and oxygen atoms in total. The van der Waals surface area contributed by atoms with Gasteiger partial charge in [-0.3, -0.25) is 14.5 Å². The summed E-state index contributed by atoms with van der Waals surface area (Å²) in [5.41, 5.74) is 1.45.